The quantitative estimate of drug-likeness (QED) is 0.305. The molecule has 0 aliphatic carbocycles. The second-order valence-corrected chi connectivity index (χ2v) is 8.71. The van der Waals surface area contributed by atoms with Gasteiger partial charge in [-0.3, -0.25) is 10.1 Å². The molecule has 6 nitrogen and oxygen atoms in total. The Morgan fingerprint density at radius 3 is 2.52 bits per heavy atom. The second-order valence-electron chi connectivity index (χ2n) is 7.38. The van der Waals surface area contributed by atoms with Crippen LogP contribution in [0.5, 0.6) is 5.75 Å². The van der Waals surface area contributed by atoms with E-state index >= 15 is 0 Å². The van der Waals surface area contributed by atoms with Gasteiger partial charge in [-0.1, -0.05) is 41.1 Å². The van der Waals surface area contributed by atoms with E-state index in [2.05, 4.69) is 50.6 Å². The minimum absolute atomic E-state index is 0.132. The molecule has 0 saturated heterocycles. The van der Waals surface area contributed by atoms with Crippen molar-refractivity contribution in [1.29, 1.82) is 0 Å². The molecule has 0 aliphatic heterocycles. The smallest absolute Gasteiger partial charge is 0.264 e. The van der Waals surface area contributed by atoms with Gasteiger partial charge in [0.1, 0.15) is 11.3 Å². The summed E-state index contributed by atoms with van der Waals surface area (Å²) >= 11 is 8.58. The molecule has 0 aliphatic rings. The van der Waals surface area contributed by atoms with Crippen LogP contribution < -0.4 is 15.4 Å². The topological polar surface area (TPSA) is 76.4 Å². The summed E-state index contributed by atoms with van der Waals surface area (Å²) in [4.78, 5) is 16.7. The van der Waals surface area contributed by atoms with Crippen LogP contribution in [0.3, 0.4) is 0 Å². The summed E-state index contributed by atoms with van der Waals surface area (Å²) in [6.07, 6.45) is 1.55. The van der Waals surface area contributed by atoms with Crippen molar-refractivity contribution in [3.8, 4) is 5.75 Å². The van der Waals surface area contributed by atoms with Crippen molar-refractivity contribution in [3.05, 3.63) is 88.2 Å². The molecular weight excluding hydrogens is 502 g/mol. The van der Waals surface area contributed by atoms with Crippen LogP contribution in [0, 0.1) is 0 Å². The van der Waals surface area contributed by atoms with Crippen LogP contribution in [0.25, 0.3) is 11.1 Å². The van der Waals surface area contributed by atoms with Crippen molar-refractivity contribution in [2.75, 3.05) is 11.9 Å². The van der Waals surface area contributed by atoms with Crippen LogP contribution in [-0.4, -0.2) is 22.6 Å². The molecule has 0 spiro atoms. The number of fused-ring (bicyclic) bond motifs is 1. The SMILES string of the molecule is CCc1ccc2oc(Cc3ccc(NC(=S)NC(=O)COc4ccc(Br)cc4)cc3)nc2c1. The molecule has 8 heteroatoms. The molecule has 4 aromatic rings. The summed E-state index contributed by atoms with van der Waals surface area (Å²) in [5.41, 5.74) is 4.74. The van der Waals surface area contributed by atoms with E-state index in [1.165, 1.54) is 5.56 Å². The lowest BCUT2D eigenvalue weighted by Gasteiger charge is -2.11. The first kappa shape index (κ1) is 22.9. The number of oxazole rings is 1. The van der Waals surface area contributed by atoms with E-state index in [9.17, 15) is 4.79 Å². The van der Waals surface area contributed by atoms with Crippen LogP contribution in [0.4, 0.5) is 5.69 Å². The van der Waals surface area contributed by atoms with E-state index in [-0.39, 0.29) is 17.6 Å². The van der Waals surface area contributed by atoms with Gasteiger partial charge in [0, 0.05) is 16.6 Å². The molecule has 1 amide bonds. The number of carbonyl (C=O) groups is 1. The first-order valence-electron chi connectivity index (χ1n) is 10.4. The summed E-state index contributed by atoms with van der Waals surface area (Å²) in [6.45, 7) is 1.99. The van der Waals surface area contributed by atoms with Crippen LogP contribution in [0.15, 0.2) is 75.6 Å². The van der Waals surface area contributed by atoms with Crippen LogP contribution >= 0.6 is 28.1 Å². The number of rotatable bonds is 7. The highest BCUT2D eigenvalue weighted by atomic mass is 79.9. The number of amides is 1. The zero-order valence-electron chi connectivity index (χ0n) is 17.9. The highest BCUT2D eigenvalue weighted by molar-refractivity contribution is 9.10. The highest BCUT2D eigenvalue weighted by Crippen LogP contribution is 2.20. The average Bonchev–Trinajstić information content (AvgIpc) is 3.21. The number of aromatic nitrogens is 1. The lowest BCUT2D eigenvalue weighted by molar-refractivity contribution is -0.121. The normalized spacial score (nSPS) is 10.7. The van der Waals surface area contributed by atoms with Gasteiger partial charge in [-0.2, -0.15) is 0 Å². The Morgan fingerprint density at radius 2 is 1.79 bits per heavy atom. The first-order valence-corrected chi connectivity index (χ1v) is 11.6. The summed E-state index contributed by atoms with van der Waals surface area (Å²) < 4.78 is 12.2. The number of carbonyl (C=O) groups excluding carboxylic acids is 1. The molecule has 3 aromatic carbocycles. The molecule has 2 N–H and O–H groups in total. The van der Waals surface area contributed by atoms with Crippen molar-refractivity contribution in [3.63, 3.8) is 0 Å². The molecule has 168 valence electrons. The monoisotopic (exact) mass is 523 g/mol. The zero-order chi connectivity index (χ0) is 23.2. The first-order chi connectivity index (χ1) is 16.0. The third kappa shape index (κ3) is 6.40. The van der Waals surface area contributed by atoms with Gasteiger partial charge in [-0.05, 0) is 78.3 Å². The number of nitrogens with zero attached hydrogens (tertiary/aromatic N) is 1. The minimum atomic E-state index is -0.339. The molecule has 1 aromatic heterocycles. The molecule has 4 rings (SSSR count). The molecule has 0 fully saturated rings. The van der Waals surface area contributed by atoms with E-state index in [4.69, 9.17) is 21.4 Å². The predicted octanol–water partition coefficient (Wildman–Crippen LogP) is 5.64. The largest absolute Gasteiger partial charge is 0.484 e. The molecule has 0 unspecified atom stereocenters. The van der Waals surface area contributed by atoms with Gasteiger partial charge in [0.05, 0.1) is 0 Å². The maximum absolute atomic E-state index is 12.1. The summed E-state index contributed by atoms with van der Waals surface area (Å²) in [5, 5.41) is 5.82. The number of thiocarbonyl (C=S) groups is 1. The van der Waals surface area contributed by atoms with Crippen molar-refractivity contribution >= 4 is 56.0 Å². The molecule has 1 heterocycles. The minimum Gasteiger partial charge on any atom is -0.484 e. The van der Waals surface area contributed by atoms with Gasteiger partial charge in [-0.25, -0.2) is 4.98 Å². The van der Waals surface area contributed by atoms with E-state index in [1.807, 2.05) is 42.5 Å². The lowest BCUT2D eigenvalue weighted by Crippen LogP contribution is -2.37. The van der Waals surface area contributed by atoms with E-state index in [0.717, 1.165) is 33.2 Å². The predicted molar refractivity (Wildman–Crippen MR) is 137 cm³/mol. The number of hydrogen-bond acceptors (Lipinski definition) is 5. The molecule has 0 atom stereocenters. The second kappa shape index (κ2) is 10.6. The van der Waals surface area contributed by atoms with Gasteiger partial charge in [0.2, 0.25) is 0 Å². The molecule has 33 heavy (non-hydrogen) atoms. The van der Waals surface area contributed by atoms with Gasteiger partial charge in [0.15, 0.2) is 23.2 Å². The fourth-order valence-corrected chi connectivity index (χ4v) is 3.70. The van der Waals surface area contributed by atoms with Crippen LogP contribution in [0.1, 0.15) is 23.9 Å². The zero-order valence-corrected chi connectivity index (χ0v) is 20.3. The Balaban J connectivity index is 1.27. The Morgan fingerprint density at radius 1 is 1.06 bits per heavy atom. The molecule has 0 radical (unpaired) electrons. The number of halogens is 1. The Bertz CT molecular complexity index is 1270. The molecular formula is C25H22BrN3O3S. The van der Waals surface area contributed by atoms with Crippen molar-refractivity contribution < 1.29 is 13.9 Å². The number of benzene rings is 3. The molecule has 0 bridgehead atoms. The average molecular weight is 524 g/mol. The standard InChI is InChI=1S/C25H22BrN3O3S/c1-2-16-5-12-22-21(13-16)28-24(32-22)14-17-3-8-19(9-4-17)27-25(33)29-23(30)15-31-20-10-6-18(26)7-11-20/h3-13H,2,14-15H2,1H3,(H2,27,29,30,33). The maximum atomic E-state index is 12.1. The van der Waals surface area contributed by atoms with Crippen LogP contribution in [-0.2, 0) is 17.6 Å². The summed E-state index contributed by atoms with van der Waals surface area (Å²) in [7, 11) is 0. The van der Waals surface area contributed by atoms with E-state index < -0.39 is 0 Å². The number of hydrogen-bond donors (Lipinski definition) is 2. The van der Waals surface area contributed by atoms with E-state index in [0.29, 0.717) is 18.1 Å². The number of nitrogens with one attached hydrogen (secondary N) is 2. The Labute approximate surface area is 205 Å². The lowest BCUT2D eigenvalue weighted by atomic mass is 10.1. The Hall–Kier alpha value is -3.23. The van der Waals surface area contributed by atoms with Crippen molar-refractivity contribution in [1.82, 2.24) is 10.3 Å². The highest BCUT2D eigenvalue weighted by Gasteiger charge is 2.09. The number of aryl methyl sites for hydroxylation is 1. The Kier molecular flexibility index (Phi) is 7.36. The van der Waals surface area contributed by atoms with E-state index in [1.54, 1.807) is 12.1 Å². The fraction of sp³-hybridized carbons (Fsp3) is 0.160. The third-order valence-electron chi connectivity index (χ3n) is 4.91. The van der Waals surface area contributed by atoms with Gasteiger partial charge < -0.3 is 14.5 Å². The summed E-state index contributed by atoms with van der Waals surface area (Å²) in [5.74, 6) is 0.939. The van der Waals surface area contributed by atoms with Gasteiger partial charge >= 0.3 is 0 Å². The number of ether oxygens (including phenoxy) is 1. The van der Waals surface area contributed by atoms with Crippen molar-refractivity contribution in [2.45, 2.75) is 19.8 Å². The van der Waals surface area contributed by atoms with Crippen molar-refractivity contribution in [2.24, 2.45) is 0 Å². The molecule has 0 saturated carbocycles. The number of anilines is 1. The fourth-order valence-electron chi connectivity index (χ4n) is 3.20. The van der Waals surface area contributed by atoms with Gasteiger partial charge in [0.25, 0.3) is 5.91 Å². The van der Waals surface area contributed by atoms with Crippen LogP contribution in [0.2, 0.25) is 0 Å². The summed E-state index contributed by atoms with van der Waals surface area (Å²) in [6, 6.07) is 21.1. The van der Waals surface area contributed by atoms with Gasteiger partial charge in [-0.15, -0.1) is 0 Å². The third-order valence-corrected chi connectivity index (χ3v) is 5.64. The maximum Gasteiger partial charge on any atom is 0.264 e.